The van der Waals surface area contributed by atoms with Crippen LogP contribution >= 0.6 is 7.26 Å². The summed E-state index contributed by atoms with van der Waals surface area (Å²) in [7, 11) is -1.97. The quantitative estimate of drug-likeness (QED) is 0.419. The van der Waals surface area contributed by atoms with Gasteiger partial charge in [-0.3, -0.25) is 0 Å². The molecule has 1 aliphatic rings. The highest BCUT2D eigenvalue weighted by Gasteiger charge is 2.49. The van der Waals surface area contributed by atoms with Crippen molar-refractivity contribution < 1.29 is 0 Å². The lowest BCUT2D eigenvalue weighted by atomic mass is 9.92. The van der Waals surface area contributed by atoms with Crippen LogP contribution in [0, 0.1) is 0 Å². The maximum Gasteiger partial charge on any atom is 0.144 e. The van der Waals surface area contributed by atoms with E-state index in [4.69, 9.17) is 0 Å². The molecule has 0 fully saturated rings. The Morgan fingerprint density at radius 1 is 0.448 bits per heavy atom. The van der Waals surface area contributed by atoms with Crippen LogP contribution in [0.3, 0.4) is 0 Å². The van der Waals surface area contributed by atoms with Gasteiger partial charge in [-0.1, -0.05) is 66.7 Å². The Kier molecular flexibility index (Phi) is 5.04. The van der Waals surface area contributed by atoms with Gasteiger partial charge in [-0.2, -0.15) is 0 Å². The molecule has 0 saturated heterocycles. The Balaban J connectivity index is 1.92. The van der Waals surface area contributed by atoms with Gasteiger partial charge in [0.05, 0.1) is 0 Å². The Hall–Kier alpha value is -2.69. The number of rotatable bonds is 4. The monoisotopic (exact) mass is 393 g/mol. The molecule has 4 aromatic carbocycles. The van der Waals surface area contributed by atoms with Crippen molar-refractivity contribution in [2.75, 3.05) is 0 Å². The van der Waals surface area contributed by atoms with Crippen molar-refractivity contribution in [2.24, 2.45) is 0 Å². The van der Waals surface area contributed by atoms with Crippen molar-refractivity contribution >= 4 is 28.5 Å². The Labute approximate surface area is 174 Å². The number of aryl methyl sites for hydroxylation is 1. The summed E-state index contributed by atoms with van der Waals surface area (Å²) in [6, 6.07) is 40.7. The minimum atomic E-state index is -1.97. The molecule has 0 spiro atoms. The molecule has 0 aliphatic heterocycles. The van der Waals surface area contributed by atoms with E-state index < -0.39 is 7.26 Å². The summed E-state index contributed by atoms with van der Waals surface area (Å²) in [5.74, 6) is 0. The number of fused-ring (bicyclic) bond motifs is 1. The molecule has 0 heterocycles. The van der Waals surface area contributed by atoms with Crippen molar-refractivity contribution in [2.45, 2.75) is 25.7 Å². The van der Waals surface area contributed by atoms with Gasteiger partial charge in [-0.25, -0.2) is 0 Å². The van der Waals surface area contributed by atoms with E-state index in [-0.39, 0.29) is 0 Å². The standard InChI is InChI=1S/C28H26P/c1-4-15-24(16-5-1)29(25-17-6-2-7-18-25,26-19-8-3-9-20-26)28-22-12-14-23-13-10-11-21-27(23)28/h1-9,12,14-20,22H,10-11,13,21H2/q+1. The van der Waals surface area contributed by atoms with E-state index >= 15 is 0 Å². The molecule has 0 nitrogen and oxygen atoms in total. The summed E-state index contributed by atoms with van der Waals surface area (Å²) in [5.41, 5.74) is 3.16. The molecular weight excluding hydrogens is 367 g/mol. The zero-order chi connectivity index (χ0) is 19.5. The van der Waals surface area contributed by atoms with Crippen molar-refractivity contribution in [3.05, 3.63) is 120 Å². The van der Waals surface area contributed by atoms with E-state index in [0.717, 1.165) is 0 Å². The van der Waals surface area contributed by atoms with Crippen LogP contribution in [0.25, 0.3) is 0 Å². The summed E-state index contributed by atoms with van der Waals surface area (Å²) < 4.78 is 0. The predicted octanol–water partition coefficient (Wildman–Crippen LogP) is 5.18. The van der Waals surface area contributed by atoms with Gasteiger partial charge in [0.15, 0.2) is 0 Å². The third-order valence-electron chi connectivity index (χ3n) is 6.16. The molecule has 0 bridgehead atoms. The van der Waals surface area contributed by atoms with Gasteiger partial charge in [-0.05, 0) is 79.3 Å². The first kappa shape index (κ1) is 18.3. The molecule has 1 aliphatic carbocycles. The summed E-state index contributed by atoms with van der Waals surface area (Å²) in [6.45, 7) is 0. The summed E-state index contributed by atoms with van der Waals surface area (Å²) in [6.07, 6.45) is 5.01. The summed E-state index contributed by atoms with van der Waals surface area (Å²) in [4.78, 5) is 0. The Morgan fingerprint density at radius 2 is 0.931 bits per heavy atom. The smallest absolute Gasteiger partial charge is 0.0620 e. The lowest BCUT2D eigenvalue weighted by Crippen LogP contribution is -2.40. The second-order valence-corrected chi connectivity index (χ2v) is 11.2. The van der Waals surface area contributed by atoms with Gasteiger partial charge >= 0.3 is 0 Å². The highest BCUT2D eigenvalue weighted by molar-refractivity contribution is 8.01. The largest absolute Gasteiger partial charge is 0.144 e. The zero-order valence-corrected chi connectivity index (χ0v) is 17.6. The van der Waals surface area contributed by atoms with Crippen molar-refractivity contribution in [3.8, 4) is 0 Å². The van der Waals surface area contributed by atoms with Crippen LogP contribution in [0.5, 0.6) is 0 Å². The topological polar surface area (TPSA) is 0 Å². The van der Waals surface area contributed by atoms with E-state index in [2.05, 4.69) is 109 Å². The molecule has 142 valence electrons. The fourth-order valence-electron chi connectivity index (χ4n) is 4.89. The van der Waals surface area contributed by atoms with Gasteiger partial charge < -0.3 is 0 Å². The van der Waals surface area contributed by atoms with Crippen LogP contribution in [-0.2, 0) is 12.8 Å². The van der Waals surface area contributed by atoms with E-state index in [1.54, 1.807) is 16.4 Å². The molecule has 5 rings (SSSR count). The molecule has 0 saturated carbocycles. The molecule has 0 unspecified atom stereocenters. The zero-order valence-electron chi connectivity index (χ0n) is 16.7. The van der Waals surface area contributed by atoms with Gasteiger partial charge in [0.1, 0.15) is 28.5 Å². The summed E-state index contributed by atoms with van der Waals surface area (Å²) >= 11 is 0. The molecule has 0 radical (unpaired) electrons. The van der Waals surface area contributed by atoms with Crippen molar-refractivity contribution in [1.82, 2.24) is 0 Å². The molecule has 0 N–H and O–H groups in total. The first-order valence-corrected chi connectivity index (χ1v) is 12.4. The van der Waals surface area contributed by atoms with Gasteiger partial charge in [0.2, 0.25) is 0 Å². The molecule has 0 atom stereocenters. The Bertz CT molecular complexity index is 988. The maximum absolute atomic E-state index is 2.42. The van der Waals surface area contributed by atoms with Gasteiger partial charge in [-0.15, -0.1) is 0 Å². The van der Waals surface area contributed by atoms with E-state index in [1.807, 2.05) is 0 Å². The normalized spacial score (nSPS) is 13.7. The third-order valence-corrected chi connectivity index (χ3v) is 10.5. The average molecular weight is 393 g/mol. The fourth-order valence-corrected chi connectivity index (χ4v) is 9.45. The minimum Gasteiger partial charge on any atom is -0.0620 e. The van der Waals surface area contributed by atoms with Gasteiger partial charge in [0, 0.05) is 0 Å². The van der Waals surface area contributed by atoms with Crippen LogP contribution in [0.15, 0.2) is 109 Å². The molecule has 0 amide bonds. The van der Waals surface area contributed by atoms with Crippen LogP contribution in [0.2, 0.25) is 0 Å². The molecule has 4 aromatic rings. The minimum absolute atomic E-state index is 1.19. The molecular formula is C28H26P+. The van der Waals surface area contributed by atoms with Crippen molar-refractivity contribution in [1.29, 1.82) is 0 Å². The van der Waals surface area contributed by atoms with Crippen molar-refractivity contribution in [3.63, 3.8) is 0 Å². The Morgan fingerprint density at radius 3 is 1.45 bits per heavy atom. The highest BCUT2D eigenvalue weighted by Crippen LogP contribution is 2.55. The lowest BCUT2D eigenvalue weighted by Gasteiger charge is -2.31. The van der Waals surface area contributed by atoms with Crippen LogP contribution in [-0.4, -0.2) is 0 Å². The first-order valence-electron chi connectivity index (χ1n) is 10.6. The third kappa shape index (κ3) is 3.13. The van der Waals surface area contributed by atoms with E-state index in [0.29, 0.717) is 0 Å². The van der Waals surface area contributed by atoms with Crippen LogP contribution in [0.4, 0.5) is 0 Å². The second kappa shape index (κ2) is 7.97. The van der Waals surface area contributed by atoms with Crippen LogP contribution < -0.4 is 21.2 Å². The number of benzene rings is 4. The second-order valence-electron chi connectivity index (χ2n) is 7.80. The SMILES string of the molecule is c1ccc([P+](c2ccccc2)(c2ccccc2)c2cccc3c2CCCC3)cc1. The highest BCUT2D eigenvalue weighted by atomic mass is 31.2. The van der Waals surface area contributed by atoms with Gasteiger partial charge in [0.25, 0.3) is 0 Å². The maximum atomic E-state index is 2.42. The average Bonchev–Trinajstić information content (AvgIpc) is 2.82. The predicted molar refractivity (Wildman–Crippen MR) is 128 cm³/mol. The number of hydrogen-bond acceptors (Lipinski definition) is 0. The molecule has 29 heavy (non-hydrogen) atoms. The summed E-state index contributed by atoms with van der Waals surface area (Å²) in [5, 5.41) is 5.88. The lowest BCUT2D eigenvalue weighted by molar-refractivity contribution is 0.688. The molecule has 0 aromatic heterocycles. The van der Waals surface area contributed by atoms with E-state index in [1.165, 1.54) is 41.6 Å². The number of hydrogen-bond donors (Lipinski definition) is 0. The molecule has 1 heteroatoms. The van der Waals surface area contributed by atoms with E-state index in [9.17, 15) is 0 Å². The van der Waals surface area contributed by atoms with Crippen LogP contribution in [0.1, 0.15) is 24.0 Å². The first-order chi connectivity index (χ1) is 14.4. The fraction of sp³-hybridized carbons (Fsp3) is 0.143.